The minimum Gasteiger partial charge on any atom is -0.332 e. The highest BCUT2D eigenvalue weighted by atomic mass is 32.5. The van der Waals surface area contributed by atoms with Gasteiger partial charge in [0.1, 0.15) is 0 Å². The van der Waals surface area contributed by atoms with Crippen molar-refractivity contribution in [2.24, 2.45) is 0 Å². The lowest BCUT2D eigenvalue weighted by Crippen LogP contribution is -2.07. The number of rotatable bonds is 9. The van der Waals surface area contributed by atoms with Crippen LogP contribution in [0.1, 0.15) is 17.9 Å². The van der Waals surface area contributed by atoms with E-state index in [1.54, 1.807) is 11.8 Å². The molecule has 0 heterocycles. The average molecular weight is 384 g/mol. The normalized spacial score (nSPS) is 14.0. The summed E-state index contributed by atoms with van der Waals surface area (Å²) in [5.41, 5.74) is 0.722. The van der Waals surface area contributed by atoms with Gasteiger partial charge in [0, 0.05) is 33.3 Å². The molecule has 0 aromatic heterocycles. The predicted octanol–water partition coefficient (Wildman–Crippen LogP) is 4.89. The third-order valence-corrected chi connectivity index (χ3v) is 11.6. The molecule has 126 valence electrons. The van der Waals surface area contributed by atoms with Crippen LogP contribution < -0.4 is 0 Å². The van der Waals surface area contributed by atoms with Crippen molar-refractivity contribution in [3.8, 4) is 0 Å². The van der Waals surface area contributed by atoms with Crippen molar-refractivity contribution in [3.05, 3.63) is 29.8 Å². The molecule has 0 saturated heterocycles. The highest BCUT2D eigenvalue weighted by Gasteiger charge is 2.47. The molecule has 9 heteroatoms. The lowest BCUT2D eigenvalue weighted by Gasteiger charge is -2.32. The maximum atomic E-state index is 13.0. The SMILES string of the molecule is CCSc1ccc(C(P(=O)(OC)OC)P(=S)(OC)OC)cc1. The van der Waals surface area contributed by atoms with Crippen molar-refractivity contribution in [1.82, 2.24) is 0 Å². The first-order valence-corrected chi connectivity index (χ1v) is 11.9. The van der Waals surface area contributed by atoms with E-state index < -0.39 is 19.5 Å². The van der Waals surface area contributed by atoms with Crippen molar-refractivity contribution in [1.29, 1.82) is 0 Å². The lowest BCUT2D eigenvalue weighted by molar-refractivity contribution is 0.265. The molecule has 1 atom stereocenters. The van der Waals surface area contributed by atoms with E-state index in [-0.39, 0.29) is 0 Å². The van der Waals surface area contributed by atoms with E-state index in [1.165, 1.54) is 28.4 Å². The van der Waals surface area contributed by atoms with E-state index in [4.69, 9.17) is 29.9 Å². The first-order chi connectivity index (χ1) is 10.4. The third-order valence-electron chi connectivity index (χ3n) is 3.11. The van der Waals surface area contributed by atoms with Crippen LogP contribution in [-0.2, 0) is 34.5 Å². The Labute approximate surface area is 141 Å². The van der Waals surface area contributed by atoms with Crippen LogP contribution in [0.4, 0.5) is 0 Å². The molecular weight excluding hydrogens is 362 g/mol. The number of hydrogen-bond donors (Lipinski definition) is 0. The van der Waals surface area contributed by atoms with Crippen molar-refractivity contribution in [2.75, 3.05) is 34.2 Å². The summed E-state index contributed by atoms with van der Waals surface area (Å²) >= 11 is 7.22. The first kappa shape index (κ1) is 20.3. The quantitative estimate of drug-likeness (QED) is 0.444. The van der Waals surface area contributed by atoms with Gasteiger partial charge in [0.2, 0.25) is 6.49 Å². The Morgan fingerprint density at radius 3 is 1.91 bits per heavy atom. The molecule has 0 spiro atoms. The second-order valence-corrected chi connectivity index (χ2v) is 12.1. The molecule has 0 bridgehead atoms. The number of benzene rings is 1. The Balaban J connectivity index is 3.38. The fourth-order valence-corrected chi connectivity index (χ4v) is 8.74. The topological polar surface area (TPSA) is 54.0 Å². The van der Waals surface area contributed by atoms with E-state index in [9.17, 15) is 4.57 Å². The highest BCUT2D eigenvalue weighted by Crippen LogP contribution is 2.77. The molecular formula is C13H22O5P2S2. The van der Waals surface area contributed by atoms with Gasteiger partial charge in [-0.05, 0) is 35.3 Å². The molecule has 1 unspecified atom stereocenters. The van der Waals surface area contributed by atoms with Gasteiger partial charge < -0.3 is 18.1 Å². The second-order valence-electron chi connectivity index (χ2n) is 4.19. The summed E-state index contributed by atoms with van der Waals surface area (Å²) in [5, 5.41) is -0.777. The van der Waals surface area contributed by atoms with Crippen LogP contribution in [0.2, 0.25) is 0 Å². The van der Waals surface area contributed by atoms with Crippen LogP contribution >= 0.6 is 25.8 Å². The second kappa shape index (κ2) is 8.95. The molecule has 0 fully saturated rings. The van der Waals surface area contributed by atoms with Crippen LogP contribution in [0.5, 0.6) is 0 Å². The van der Waals surface area contributed by atoms with Gasteiger partial charge >= 0.3 is 7.60 Å². The zero-order valence-corrected chi connectivity index (χ0v) is 16.8. The van der Waals surface area contributed by atoms with Gasteiger partial charge in [-0.25, -0.2) is 0 Å². The Morgan fingerprint density at radius 1 is 1.05 bits per heavy atom. The summed E-state index contributed by atoms with van der Waals surface area (Å²) in [6.45, 7) is -0.800. The molecule has 0 N–H and O–H groups in total. The molecule has 0 aliphatic carbocycles. The summed E-state index contributed by atoms with van der Waals surface area (Å²) in [5.74, 6) is 0.978. The van der Waals surface area contributed by atoms with Crippen molar-refractivity contribution >= 4 is 37.7 Å². The number of thioether (sulfide) groups is 1. The maximum Gasteiger partial charge on any atom is 0.347 e. The van der Waals surface area contributed by atoms with E-state index in [0.29, 0.717) is 0 Å². The van der Waals surface area contributed by atoms with Crippen molar-refractivity contribution in [3.63, 3.8) is 0 Å². The van der Waals surface area contributed by atoms with Crippen LogP contribution in [0, 0.1) is 0 Å². The van der Waals surface area contributed by atoms with Gasteiger partial charge in [-0.2, -0.15) is 0 Å². The highest BCUT2D eigenvalue weighted by molar-refractivity contribution is 8.12. The molecule has 22 heavy (non-hydrogen) atoms. The Bertz CT molecular complexity index is 522. The summed E-state index contributed by atoms with van der Waals surface area (Å²) in [7, 11) is 2.07. The Kier molecular flexibility index (Phi) is 8.27. The lowest BCUT2D eigenvalue weighted by atomic mass is 10.2. The van der Waals surface area contributed by atoms with Gasteiger partial charge in [0.05, 0.1) is 0 Å². The summed E-state index contributed by atoms with van der Waals surface area (Å²) < 4.78 is 34.1. The summed E-state index contributed by atoms with van der Waals surface area (Å²) in [6, 6.07) is 7.65. The zero-order valence-electron chi connectivity index (χ0n) is 13.3. The molecule has 1 rings (SSSR count). The average Bonchev–Trinajstić information content (AvgIpc) is 2.56. The van der Waals surface area contributed by atoms with Gasteiger partial charge in [-0.3, -0.25) is 4.57 Å². The standard InChI is InChI=1S/C13H22O5P2S2/c1-6-22-12-9-7-11(8-10-12)13(19(14,15-2)16-3)20(21,17-4)18-5/h7-10,13H,6H2,1-5H3. The molecule has 0 aliphatic rings. The smallest absolute Gasteiger partial charge is 0.332 e. The fourth-order valence-electron chi connectivity index (χ4n) is 1.99. The van der Waals surface area contributed by atoms with Crippen LogP contribution in [0.15, 0.2) is 29.2 Å². The van der Waals surface area contributed by atoms with Gasteiger partial charge in [0.25, 0.3) is 0 Å². The van der Waals surface area contributed by atoms with Crippen LogP contribution in [0.3, 0.4) is 0 Å². The molecule has 1 aromatic carbocycles. The van der Waals surface area contributed by atoms with Gasteiger partial charge in [-0.1, -0.05) is 19.1 Å². The van der Waals surface area contributed by atoms with Gasteiger partial charge in [-0.15, -0.1) is 11.8 Å². The molecule has 0 aliphatic heterocycles. The monoisotopic (exact) mass is 384 g/mol. The van der Waals surface area contributed by atoms with Gasteiger partial charge in [0.15, 0.2) is 5.40 Å². The Hall–Kier alpha value is 0.290. The van der Waals surface area contributed by atoms with Crippen LogP contribution in [0.25, 0.3) is 0 Å². The first-order valence-electron chi connectivity index (χ1n) is 6.55. The van der Waals surface area contributed by atoms with Crippen molar-refractivity contribution < 1.29 is 22.7 Å². The van der Waals surface area contributed by atoms with E-state index in [2.05, 4.69) is 6.92 Å². The minimum atomic E-state index is -3.51. The predicted molar refractivity (Wildman–Crippen MR) is 95.5 cm³/mol. The van der Waals surface area contributed by atoms with E-state index in [1.807, 2.05) is 24.3 Å². The van der Waals surface area contributed by atoms with Crippen molar-refractivity contribution in [2.45, 2.75) is 17.2 Å². The fraction of sp³-hybridized carbons (Fsp3) is 0.538. The number of hydrogen-bond acceptors (Lipinski definition) is 7. The zero-order chi connectivity index (χ0) is 16.8. The summed E-state index contributed by atoms with van der Waals surface area (Å²) in [4.78, 5) is 1.12. The van der Waals surface area contributed by atoms with Crippen LogP contribution in [-0.4, -0.2) is 34.2 Å². The summed E-state index contributed by atoms with van der Waals surface area (Å²) in [6.07, 6.45) is 0. The van der Waals surface area contributed by atoms with E-state index in [0.717, 1.165) is 16.2 Å². The molecule has 0 radical (unpaired) electrons. The molecule has 1 aromatic rings. The molecule has 5 nitrogen and oxygen atoms in total. The molecule has 0 amide bonds. The van der Waals surface area contributed by atoms with E-state index >= 15 is 0 Å². The third kappa shape index (κ3) is 4.43. The minimum absolute atomic E-state index is 0.722. The Morgan fingerprint density at radius 2 is 1.55 bits per heavy atom. The molecule has 0 saturated carbocycles. The maximum absolute atomic E-state index is 13.0. The largest absolute Gasteiger partial charge is 0.347 e.